The first-order valence-electron chi connectivity index (χ1n) is 8.66. The topological polar surface area (TPSA) is 29.5 Å². The van der Waals surface area contributed by atoms with Crippen molar-refractivity contribution in [2.75, 3.05) is 11.5 Å². The summed E-state index contributed by atoms with van der Waals surface area (Å²) >= 11 is 0. The lowest BCUT2D eigenvalue weighted by molar-refractivity contribution is -0.137. The molecule has 3 rings (SSSR count). The standard InChI is InChI=1S/C22H23NO2/c1-3-25-22(24)16-21-17(2)20(15-14-18-10-6-4-7-11-18)23(21)19-12-8-5-9-13-19/h4-17,20H,3H2,1-2H3/b15-14+,21-16-. The second-order valence-corrected chi connectivity index (χ2v) is 6.08. The Morgan fingerprint density at radius 2 is 1.72 bits per heavy atom. The molecule has 1 fully saturated rings. The number of benzene rings is 2. The minimum atomic E-state index is -0.282. The van der Waals surface area contributed by atoms with E-state index < -0.39 is 0 Å². The van der Waals surface area contributed by atoms with Crippen LogP contribution in [0.25, 0.3) is 6.08 Å². The lowest BCUT2D eigenvalue weighted by Crippen LogP contribution is -2.52. The Kier molecular flexibility index (Phi) is 5.34. The summed E-state index contributed by atoms with van der Waals surface area (Å²) in [6.07, 6.45) is 5.96. The zero-order valence-corrected chi connectivity index (χ0v) is 14.6. The van der Waals surface area contributed by atoms with Crippen LogP contribution in [-0.4, -0.2) is 18.6 Å². The average Bonchev–Trinajstić information content (AvgIpc) is 2.65. The van der Waals surface area contributed by atoms with E-state index in [2.05, 4.69) is 48.2 Å². The van der Waals surface area contributed by atoms with Gasteiger partial charge >= 0.3 is 5.97 Å². The molecule has 0 saturated carbocycles. The second-order valence-electron chi connectivity index (χ2n) is 6.08. The monoisotopic (exact) mass is 333 g/mol. The van der Waals surface area contributed by atoms with Crippen molar-refractivity contribution < 1.29 is 9.53 Å². The Morgan fingerprint density at radius 3 is 2.36 bits per heavy atom. The number of esters is 1. The van der Waals surface area contributed by atoms with Crippen LogP contribution < -0.4 is 4.90 Å². The van der Waals surface area contributed by atoms with Crippen LogP contribution in [0.5, 0.6) is 0 Å². The average molecular weight is 333 g/mol. The minimum absolute atomic E-state index is 0.211. The van der Waals surface area contributed by atoms with Gasteiger partial charge in [0.2, 0.25) is 0 Å². The van der Waals surface area contributed by atoms with Gasteiger partial charge in [0.15, 0.2) is 0 Å². The molecule has 3 heteroatoms. The van der Waals surface area contributed by atoms with Crippen molar-refractivity contribution in [3.8, 4) is 0 Å². The Bertz CT molecular complexity index is 765. The zero-order chi connectivity index (χ0) is 17.6. The molecule has 0 aliphatic carbocycles. The molecule has 0 aromatic heterocycles. The number of para-hydroxylation sites is 1. The van der Waals surface area contributed by atoms with Crippen LogP contribution in [0.1, 0.15) is 19.4 Å². The number of hydrogen-bond donors (Lipinski definition) is 0. The van der Waals surface area contributed by atoms with E-state index in [-0.39, 0.29) is 17.9 Å². The second kappa shape index (κ2) is 7.84. The highest BCUT2D eigenvalue weighted by Crippen LogP contribution is 2.41. The molecule has 2 unspecified atom stereocenters. The van der Waals surface area contributed by atoms with Gasteiger partial charge in [-0.3, -0.25) is 0 Å². The molecule has 0 N–H and O–H groups in total. The molecule has 128 valence electrons. The zero-order valence-electron chi connectivity index (χ0n) is 14.6. The number of carbonyl (C=O) groups is 1. The van der Waals surface area contributed by atoms with E-state index in [1.165, 1.54) is 5.56 Å². The summed E-state index contributed by atoms with van der Waals surface area (Å²) < 4.78 is 5.09. The number of anilines is 1. The summed E-state index contributed by atoms with van der Waals surface area (Å²) in [5.74, 6) is -0.0275. The fourth-order valence-corrected chi connectivity index (χ4v) is 3.15. The quantitative estimate of drug-likeness (QED) is 0.588. The van der Waals surface area contributed by atoms with Crippen molar-refractivity contribution in [3.63, 3.8) is 0 Å². The van der Waals surface area contributed by atoms with E-state index in [9.17, 15) is 4.79 Å². The number of rotatable bonds is 5. The van der Waals surface area contributed by atoms with Gasteiger partial charge in [0.1, 0.15) is 0 Å². The highest BCUT2D eigenvalue weighted by atomic mass is 16.5. The third kappa shape index (κ3) is 3.82. The van der Waals surface area contributed by atoms with E-state index in [4.69, 9.17) is 4.74 Å². The first-order valence-corrected chi connectivity index (χ1v) is 8.66. The third-order valence-corrected chi connectivity index (χ3v) is 4.43. The van der Waals surface area contributed by atoms with Crippen molar-refractivity contribution in [1.82, 2.24) is 0 Å². The summed E-state index contributed by atoms with van der Waals surface area (Å²) in [6, 6.07) is 20.6. The molecule has 2 aromatic rings. The number of nitrogens with zero attached hydrogens (tertiary/aromatic N) is 1. The predicted molar refractivity (Wildman–Crippen MR) is 102 cm³/mol. The van der Waals surface area contributed by atoms with Gasteiger partial charge in [-0.1, -0.05) is 67.6 Å². The maximum Gasteiger partial charge on any atom is 0.332 e. The predicted octanol–water partition coefficient (Wildman–Crippen LogP) is 4.67. The van der Waals surface area contributed by atoms with E-state index in [0.29, 0.717) is 6.61 Å². The summed E-state index contributed by atoms with van der Waals surface area (Å²) in [4.78, 5) is 14.1. The molecule has 0 bridgehead atoms. The van der Waals surface area contributed by atoms with Gasteiger partial charge in [-0.2, -0.15) is 0 Å². The van der Waals surface area contributed by atoms with Gasteiger partial charge < -0.3 is 9.64 Å². The van der Waals surface area contributed by atoms with E-state index in [0.717, 1.165) is 11.4 Å². The summed E-state index contributed by atoms with van der Waals surface area (Å²) in [5, 5.41) is 0. The molecule has 1 saturated heterocycles. The molecular formula is C22H23NO2. The maximum atomic E-state index is 11.9. The highest BCUT2D eigenvalue weighted by molar-refractivity contribution is 5.85. The molecule has 0 radical (unpaired) electrons. The van der Waals surface area contributed by atoms with Crippen LogP contribution in [0.15, 0.2) is 78.5 Å². The molecule has 1 heterocycles. The van der Waals surface area contributed by atoms with Gasteiger partial charge in [-0.05, 0) is 24.6 Å². The Balaban J connectivity index is 1.87. The van der Waals surface area contributed by atoms with E-state index in [1.807, 2.05) is 43.3 Å². The van der Waals surface area contributed by atoms with Crippen molar-refractivity contribution in [1.29, 1.82) is 0 Å². The Morgan fingerprint density at radius 1 is 1.08 bits per heavy atom. The molecule has 2 aromatic carbocycles. The number of ether oxygens (including phenoxy) is 1. The van der Waals surface area contributed by atoms with Crippen molar-refractivity contribution in [2.24, 2.45) is 5.92 Å². The van der Waals surface area contributed by atoms with Gasteiger partial charge in [-0.15, -0.1) is 0 Å². The smallest absolute Gasteiger partial charge is 0.332 e. The SMILES string of the molecule is CCOC(=O)/C=C1/C(C)C(/C=C/c2ccccc2)N1c1ccccc1. The molecule has 1 aliphatic heterocycles. The molecule has 1 aliphatic rings. The fraction of sp³-hybridized carbons (Fsp3) is 0.227. The van der Waals surface area contributed by atoms with E-state index in [1.54, 1.807) is 6.08 Å². The molecule has 0 spiro atoms. The van der Waals surface area contributed by atoms with Crippen molar-refractivity contribution in [3.05, 3.63) is 84.1 Å². The lowest BCUT2D eigenvalue weighted by atomic mass is 9.84. The van der Waals surface area contributed by atoms with Crippen molar-refractivity contribution in [2.45, 2.75) is 19.9 Å². The Labute approximate surface area is 149 Å². The largest absolute Gasteiger partial charge is 0.463 e. The molecule has 0 amide bonds. The normalized spacial score (nSPS) is 21.4. The first kappa shape index (κ1) is 17.0. The first-order chi connectivity index (χ1) is 12.2. The van der Waals surface area contributed by atoms with Crippen molar-refractivity contribution >= 4 is 17.7 Å². The highest BCUT2D eigenvalue weighted by Gasteiger charge is 2.40. The summed E-state index contributed by atoms with van der Waals surface area (Å²) in [5.41, 5.74) is 3.25. The lowest BCUT2D eigenvalue weighted by Gasteiger charge is -2.49. The number of hydrogen-bond acceptors (Lipinski definition) is 3. The van der Waals surface area contributed by atoms with Crippen LogP contribution in [0, 0.1) is 5.92 Å². The fourth-order valence-electron chi connectivity index (χ4n) is 3.15. The summed E-state index contributed by atoms with van der Waals surface area (Å²) in [7, 11) is 0. The van der Waals surface area contributed by atoms with Crippen LogP contribution in [0.2, 0.25) is 0 Å². The third-order valence-electron chi connectivity index (χ3n) is 4.43. The minimum Gasteiger partial charge on any atom is -0.463 e. The molecule has 3 nitrogen and oxygen atoms in total. The van der Waals surface area contributed by atoms with Crippen LogP contribution in [-0.2, 0) is 9.53 Å². The Hall–Kier alpha value is -2.81. The van der Waals surface area contributed by atoms with Gasteiger partial charge in [0, 0.05) is 23.4 Å². The molecule has 25 heavy (non-hydrogen) atoms. The van der Waals surface area contributed by atoms with Crippen LogP contribution >= 0.6 is 0 Å². The van der Waals surface area contributed by atoms with Gasteiger partial charge in [-0.25, -0.2) is 4.79 Å². The van der Waals surface area contributed by atoms with Gasteiger partial charge in [0.25, 0.3) is 0 Å². The maximum absolute atomic E-state index is 11.9. The van der Waals surface area contributed by atoms with E-state index >= 15 is 0 Å². The summed E-state index contributed by atoms with van der Waals surface area (Å²) in [6.45, 7) is 4.35. The molecular weight excluding hydrogens is 310 g/mol. The van der Waals surface area contributed by atoms with Gasteiger partial charge in [0.05, 0.1) is 12.6 Å². The molecule has 2 atom stereocenters. The van der Waals surface area contributed by atoms with Crippen LogP contribution in [0.4, 0.5) is 5.69 Å². The van der Waals surface area contributed by atoms with Crippen LogP contribution in [0.3, 0.4) is 0 Å². The number of carbonyl (C=O) groups excluding carboxylic acids is 1.